The molecule has 1 fully saturated rings. The molecule has 8 nitrogen and oxygen atoms in total. The predicted molar refractivity (Wildman–Crippen MR) is 127 cm³/mol. The molecule has 5 rings (SSSR count). The van der Waals surface area contributed by atoms with E-state index in [9.17, 15) is 17.6 Å². The number of fused-ring (bicyclic) bond motifs is 1. The molecular formula is C24H24FN5O3S. The average molecular weight is 482 g/mol. The Hall–Kier alpha value is -3.50. The van der Waals surface area contributed by atoms with E-state index < -0.39 is 15.7 Å². The van der Waals surface area contributed by atoms with Gasteiger partial charge in [0, 0.05) is 38.1 Å². The maximum Gasteiger partial charge on any atom is 0.350 e. The number of hydrogen-bond acceptors (Lipinski definition) is 5. The smallest absolute Gasteiger partial charge is 0.350 e. The number of halogens is 1. The molecule has 1 aliphatic heterocycles. The number of nitrogens with zero attached hydrogens (tertiary/aromatic N) is 5. The zero-order chi connectivity index (χ0) is 23.9. The van der Waals surface area contributed by atoms with Gasteiger partial charge in [-0.15, -0.1) is 5.10 Å². The SMILES string of the molecule is Cc1cccc(Cn2nc3c(S(=O)(=O)N4CCN(c5ccc(F)cc5)CC4)cccn3c2=O)c1. The molecule has 0 saturated carbocycles. The Morgan fingerprint density at radius 1 is 0.971 bits per heavy atom. The minimum Gasteiger partial charge on any atom is -0.369 e. The Bertz CT molecular complexity index is 1500. The van der Waals surface area contributed by atoms with Crippen LogP contribution in [0, 0.1) is 12.7 Å². The van der Waals surface area contributed by atoms with Crippen LogP contribution in [0.5, 0.6) is 0 Å². The van der Waals surface area contributed by atoms with Crippen molar-refractivity contribution in [1.29, 1.82) is 0 Å². The van der Waals surface area contributed by atoms with E-state index in [0.717, 1.165) is 16.8 Å². The minimum atomic E-state index is -3.87. The zero-order valence-corrected chi connectivity index (χ0v) is 19.4. The third-order valence-corrected chi connectivity index (χ3v) is 7.96. The minimum absolute atomic E-state index is 0.00493. The lowest BCUT2D eigenvalue weighted by molar-refractivity contribution is 0.385. The summed E-state index contributed by atoms with van der Waals surface area (Å²) >= 11 is 0. The quantitative estimate of drug-likeness (QED) is 0.438. The predicted octanol–water partition coefficient (Wildman–Crippen LogP) is 2.50. The van der Waals surface area contributed by atoms with Crippen molar-refractivity contribution in [2.75, 3.05) is 31.1 Å². The third-order valence-electron chi connectivity index (χ3n) is 6.04. The number of sulfonamides is 1. The fourth-order valence-electron chi connectivity index (χ4n) is 4.28. The summed E-state index contributed by atoms with van der Waals surface area (Å²) < 4.78 is 44.2. The van der Waals surface area contributed by atoms with Gasteiger partial charge in [0.05, 0.1) is 6.54 Å². The number of aryl methyl sites for hydroxylation is 1. The zero-order valence-electron chi connectivity index (χ0n) is 18.6. The van der Waals surface area contributed by atoms with E-state index in [1.807, 2.05) is 36.1 Å². The molecule has 1 aliphatic rings. The standard InChI is InChI=1S/C24H24FN5O3S/c1-18-4-2-5-19(16-18)17-30-24(31)29-11-3-6-22(23(29)26-30)34(32,33)28-14-12-27(13-15-28)21-9-7-20(25)8-10-21/h2-11,16H,12-15,17H2,1H3. The average Bonchev–Trinajstić information content (AvgIpc) is 3.15. The van der Waals surface area contributed by atoms with Crippen LogP contribution >= 0.6 is 0 Å². The van der Waals surface area contributed by atoms with E-state index in [2.05, 4.69) is 5.10 Å². The van der Waals surface area contributed by atoms with E-state index in [0.29, 0.717) is 13.1 Å². The number of pyridine rings is 1. The number of piperazine rings is 1. The number of rotatable bonds is 5. The fourth-order valence-corrected chi connectivity index (χ4v) is 5.82. The second kappa shape index (κ2) is 8.69. The van der Waals surface area contributed by atoms with Crippen molar-refractivity contribution in [3.8, 4) is 0 Å². The highest BCUT2D eigenvalue weighted by molar-refractivity contribution is 7.89. The van der Waals surface area contributed by atoms with Crippen LogP contribution in [0.4, 0.5) is 10.1 Å². The maximum absolute atomic E-state index is 13.5. The first-order valence-corrected chi connectivity index (χ1v) is 12.4. The van der Waals surface area contributed by atoms with Gasteiger partial charge in [0.15, 0.2) is 5.65 Å². The fraction of sp³-hybridized carbons (Fsp3) is 0.250. The van der Waals surface area contributed by atoms with Crippen molar-refractivity contribution in [2.45, 2.75) is 18.4 Å². The van der Waals surface area contributed by atoms with Crippen LogP contribution in [-0.2, 0) is 16.6 Å². The molecule has 0 bridgehead atoms. The molecule has 0 amide bonds. The van der Waals surface area contributed by atoms with E-state index in [4.69, 9.17) is 0 Å². The highest BCUT2D eigenvalue weighted by Gasteiger charge is 2.31. The normalized spacial score (nSPS) is 15.2. The number of anilines is 1. The molecule has 3 heterocycles. The molecule has 0 atom stereocenters. The summed E-state index contributed by atoms with van der Waals surface area (Å²) in [7, 11) is -3.87. The molecule has 34 heavy (non-hydrogen) atoms. The summed E-state index contributed by atoms with van der Waals surface area (Å²) in [5.74, 6) is -0.310. The van der Waals surface area contributed by atoms with Crippen molar-refractivity contribution in [1.82, 2.24) is 18.5 Å². The number of hydrogen-bond donors (Lipinski definition) is 0. The van der Waals surface area contributed by atoms with Gasteiger partial charge in [0.1, 0.15) is 10.7 Å². The molecule has 0 N–H and O–H groups in total. The van der Waals surface area contributed by atoms with E-state index in [1.54, 1.807) is 18.2 Å². The number of benzene rings is 2. The van der Waals surface area contributed by atoms with E-state index in [-0.39, 0.29) is 36.0 Å². The Kier molecular flexibility index (Phi) is 5.70. The third kappa shape index (κ3) is 4.10. The van der Waals surface area contributed by atoms with Gasteiger partial charge in [0.2, 0.25) is 10.0 Å². The second-order valence-corrected chi connectivity index (χ2v) is 10.3. The first kappa shape index (κ1) is 22.3. The van der Waals surface area contributed by atoms with E-state index in [1.165, 1.54) is 37.8 Å². The van der Waals surface area contributed by atoms with Crippen LogP contribution in [0.1, 0.15) is 11.1 Å². The Morgan fingerprint density at radius 2 is 1.71 bits per heavy atom. The molecule has 176 valence electrons. The van der Waals surface area contributed by atoms with Crippen LogP contribution in [0.25, 0.3) is 5.65 Å². The molecule has 2 aromatic carbocycles. The van der Waals surface area contributed by atoms with Crippen LogP contribution in [0.3, 0.4) is 0 Å². The van der Waals surface area contributed by atoms with Crippen molar-refractivity contribution in [2.24, 2.45) is 0 Å². The van der Waals surface area contributed by atoms with Crippen molar-refractivity contribution in [3.63, 3.8) is 0 Å². The summed E-state index contributed by atoms with van der Waals surface area (Å²) in [5, 5.41) is 4.38. The lowest BCUT2D eigenvalue weighted by Gasteiger charge is -2.35. The molecule has 0 spiro atoms. The Labute approximate surface area is 196 Å². The lowest BCUT2D eigenvalue weighted by Crippen LogP contribution is -2.48. The largest absolute Gasteiger partial charge is 0.369 e. The molecule has 0 radical (unpaired) electrons. The van der Waals surface area contributed by atoms with Gasteiger partial charge in [-0.1, -0.05) is 29.8 Å². The van der Waals surface area contributed by atoms with Crippen molar-refractivity contribution < 1.29 is 12.8 Å². The second-order valence-electron chi connectivity index (χ2n) is 8.36. The van der Waals surface area contributed by atoms with Crippen molar-refractivity contribution >= 4 is 21.4 Å². The first-order valence-electron chi connectivity index (χ1n) is 11.0. The van der Waals surface area contributed by atoms with Gasteiger partial charge in [-0.05, 0) is 48.9 Å². The van der Waals surface area contributed by atoms with Crippen LogP contribution < -0.4 is 10.6 Å². The number of aromatic nitrogens is 3. The van der Waals surface area contributed by atoms with Gasteiger partial charge in [-0.3, -0.25) is 0 Å². The van der Waals surface area contributed by atoms with Gasteiger partial charge in [-0.2, -0.15) is 4.31 Å². The summed E-state index contributed by atoms with van der Waals surface area (Å²) in [6, 6.07) is 16.9. The van der Waals surface area contributed by atoms with Gasteiger partial charge in [-0.25, -0.2) is 26.7 Å². The van der Waals surface area contributed by atoms with Crippen molar-refractivity contribution in [3.05, 3.63) is 94.3 Å². The van der Waals surface area contributed by atoms with Crippen LogP contribution in [0.15, 0.2) is 76.6 Å². The Balaban J connectivity index is 1.42. The first-order chi connectivity index (χ1) is 16.3. The van der Waals surface area contributed by atoms with Gasteiger partial charge < -0.3 is 4.90 Å². The summed E-state index contributed by atoms with van der Waals surface area (Å²) in [4.78, 5) is 14.9. The topological polar surface area (TPSA) is 79.9 Å². The van der Waals surface area contributed by atoms with Gasteiger partial charge >= 0.3 is 5.69 Å². The Morgan fingerprint density at radius 3 is 2.41 bits per heavy atom. The van der Waals surface area contributed by atoms with E-state index >= 15 is 0 Å². The molecule has 0 unspecified atom stereocenters. The highest BCUT2D eigenvalue weighted by atomic mass is 32.2. The molecule has 0 aliphatic carbocycles. The van der Waals surface area contributed by atoms with Crippen LogP contribution in [0.2, 0.25) is 0 Å². The summed E-state index contributed by atoms with van der Waals surface area (Å²) in [6.07, 6.45) is 1.53. The van der Waals surface area contributed by atoms with Crippen LogP contribution in [-0.4, -0.2) is 53.1 Å². The molecule has 2 aromatic heterocycles. The highest BCUT2D eigenvalue weighted by Crippen LogP contribution is 2.23. The molecule has 1 saturated heterocycles. The molecule has 10 heteroatoms. The molecule has 4 aromatic rings. The summed E-state index contributed by atoms with van der Waals surface area (Å²) in [6.45, 7) is 3.71. The monoisotopic (exact) mass is 481 g/mol. The van der Waals surface area contributed by atoms with Gasteiger partial charge in [0.25, 0.3) is 0 Å². The summed E-state index contributed by atoms with van der Waals surface area (Å²) in [5.41, 5.74) is 2.54. The lowest BCUT2D eigenvalue weighted by atomic mass is 10.1. The maximum atomic E-state index is 13.5. The molecular weight excluding hydrogens is 457 g/mol.